The predicted molar refractivity (Wildman–Crippen MR) is 96.3 cm³/mol. The number of aromatic nitrogens is 2. The van der Waals surface area contributed by atoms with E-state index in [1.54, 1.807) is 0 Å². The van der Waals surface area contributed by atoms with Gasteiger partial charge in [-0.15, -0.1) is 0 Å². The molecule has 0 saturated carbocycles. The summed E-state index contributed by atoms with van der Waals surface area (Å²) in [6.07, 6.45) is 1.68. The normalized spacial score (nSPS) is 16.1. The second-order valence-electron chi connectivity index (χ2n) is 7.77. The third-order valence-electron chi connectivity index (χ3n) is 4.33. The number of nitrogens with zero attached hydrogens (tertiary/aromatic N) is 3. The van der Waals surface area contributed by atoms with Crippen LogP contribution in [0.25, 0.3) is 11.4 Å². The maximum Gasteiger partial charge on any atom is 0.317 e. The molecular formula is C19H26N4O2. The molecule has 2 amide bonds. The fourth-order valence-electron chi connectivity index (χ4n) is 3.03. The van der Waals surface area contributed by atoms with Gasteiger partial charge in [0.15, 0.2) is 0 Å². The highest BCUT2D eigenvalue weighted by Gasteiger charge is 2.28. The average Bonchev–Trinajstić information content (AvgIpc) is 3.03. The first-order chi connectivity index (χ1) is 11.8. The zero-order chi connectivity index (χ0) is 18.0. The van der Waals surface area contributed by atoms with Crippen LogP contribution in [0.3, 0.4) is 0 Å². The molecule has 2 heterocycles. The number of urea groups is 1. The Morgan fingerprint density at radius 1 is 1.28 bits per heavy atom. The third kappa shape index (κ3) is 4.38. The second kappa shape index (κ2) is 6.86. The average molecular weight is 342 g/mol. The van der Waals surface area contributed by atoms with Crippen molar-refractivity contribution in [2.24, 2.45) is 0 Å². The number of benzene rings is 1. The largest absolute Gasteiger partial charge is 0.339 e. The smallest absolute Gasteiger partial charge is 0.317 e. The van der Waals surface area contributed by atoms with E-state index in [2.05, 4.69) is 15.5 Å². The third-order valence-corrected chi connectivity index (χ3v) is 4.33. The van der Waals surface area contributed by atoms with Gasteiger partial charge in [-0.1, -0.05) is 28.9 Å². The molecular weight excluding hydrogens is 316 g/mol. The van der Waals surface area contributed by atoms with E-state index < -0.39 is 0 Å². The summed E-state index contributed by atoms with van der Waals surface area (Å²) in [5.74, 6) is 1.52. The molecule has 0 radical (unpaired) electrons. The summed E-state index contributed by atoms with van der Waals surface area (Å²) in [6, 6.07) is 8.07. The quantitative estimate of drug-likeness (QED) is 0.902. The Bertz CT molecular complexity index is 740. The number of nitrogens with one attached hydrogen (secondary N) is 1. The molecule has 25 heavy (non-hydrogen) atoms. The monoisotopic (exact) mass is 342 g/mol. The van der Waals surface area contributed by atoms with Gasteiger partial charge in [0.25, 0.3) is 0 Å². The Hall–Kier alpha value is -2.37. The first-order valence-electron chi connectivity index (χ1n) is 8.79. The fraction of sp³-hybridized carbons (Fsp3) is 0.526. The lowest BCUT2D eigenvalue weighted by molar-refractivity contribution is 0.167. The summed E-state index contributed by atoms with van der Waals surface area (Å²) in [5, 5.41) is 7.14. The summed E-state index contributed by atoms with van der Waals surface area (Å²) in [4.78, 5) is 18.7. The van der Waals surface area contributed by atoms with Crippen molar-refractivity contribution in [1.82, 2.24) is 20.4 Å². The molecule has 1 aromatic heterocycles. The molecule has 1 aromatic carbocycles. The van der Waals surface area contributed by atoms with Crippen LogP contribution < -0.4 is 5.32 Å². The van der Waals surface area contributed by atoms with Gasteiger partial charge in [0.2, 0.25) is 11.7 Å². The van der Waals surface area contributed by atoms with E-state index in [9.17, 15) is 4.79 Å². The first kappa shape index (κ1) is 17.5. The number of carbonyl (C=O) groups excluding carboxylic acids is 1. The molecule has 0 spiro atoms. The van der Waals surface area contributed by atoms with Gasteiger partial charge in [0, 0.05) is 30.1 Å². The fourth-order valence-corrected chi connectivity index (χ4v) is 3.03. The number of hydrogen-bond acceptors (Lipinski definition) is 4. The highest BCUT2D eigenvalue weighted by atomic mass is 16.5. The van der Waals surface area contributed by atoms with Gasteiger partial charge in [-0.2, -0.15) is 4.98 Å². The highest BCUT2D eigenvalue weighted by Crippen LogP contribution is 2.28. The van der Waals surface area contributed by atoms with Gasteiger partial charge in [0.1, 0.15) is 0 Å². The van der Waals surface area contributed by atoms with Crippen molar-refractivity contribution in [2.75, 3.05) is 13.1 Å². The van der Waals surface area contributed by atoms with Crippen molar-refractivity contribution < 1.29 is 9.32 Å². The molecule has 134 valence electrons. The lowest BCUT2D eigenvalue weighted by Crippen LogP contribution is -2.50. The molecule has 2 aromatic rings. The standard InChI is InChI=1S/C19H26N4O2/c1-13-6-5-7-15(12-13)16-20-17(25-22-16)14-8-10-23(11-9-14)18(24)21-19(2,3)4/h5-7,12,14H,8-11H2,1-4H3,(H,21,24). The summed E-state index contributed by atoms with van der Waals surface area (Å²) < 4.78 is 5.49. The molecule has 6 heteroatoms. The number of likely N-dealkylation sites (tertiary alicyclic amines) is 1. The number of aryl methyl sites for hydroxylation is 1. The summed E-state index contributed by atoms with van der Waals surface area (Å²) in [7, 11) is 0. The molecule has 0 unspecified atom stereocenters. The van der Waals surface area contributed by atoms with Crippen LogP contribution in [-0.4, -0.2) is 39.7 Å². The van der Waals surface area contributed by atoms with Crippen molar-refractivity contribution >= 4 is 6.03 Å². The van der Waals surface area contributed by atoms with Crippen LogP contribution in [0.2, 0.25) is 0 Å². The zero-order valence-corrected chi connectivity index (χ0v) is 15.4. The number of carbonyl (C=O) groups is 1. The first-order valence-corrected chi connectivity index (χ1v) is 8.79. The number of rotatable bonds is 2. The van der Waals surface area contributed by atoms with Crippen LogP contribution in [0.15, 0.2) is 28.8 Å². The molecule has 0 atom stereocenters. The number of amides is 2. The molecule has 1 fully saturated rings. The maximum atomic E-state index is 12.2. The Morgan fingerprint density at radius 3 is 2.64 bits per heavy atom. The van der Waals surface area contributed by atoms with Crippen LogP contribution >= 0.6 is 0 Å². The van der Waals surface area contributed by atoms with E-state index in [1.807, 2.05) is 56.9 Å². The van der Waals surface area contributed by atoms with Crippen LogP contribution in [0.4, 0.5) is 4.79 Å². The Morgan fingerprint density at radius 2 is 2.00 bits per heavy atom. The van der Waals surface area contributed by atoms with E-state index >= 15 is 0 Å². The van der Waals surface area contributed by atoms with Crippen molar-refractivity contribution in [1.29, 1.82) is 0 Å². The minimum Gasteiger partial charge on any atom is -0.339 e. The summed E-state index contributed by atoms with van der Waals surface area (Å²) in [5.41, 5.74) is 1.92. The molecule has 1 N–H and O–H groups in total. The van der Waals surface area contributed by atoms with Gasteiger partial charge in [-0.3, -0.25) is 0 Å². The van der Waals surface area contributed by atoms with Gasteiger partial charge in [-0.25, -0.2) is 4.79 Å². The molecule has 0 aliphatic carbocycles. The Labute approximate surface area is 148 Å². The van der Waals surface area contributed by atoms with Crippen molar-refractivity contribution in [3.8, 4) is 11.4 Å². The maximum absolute atomic E-state index is 12.2. The zero-order valence-electron chi connectivity index (χ0n) is 15.4. The van der Waals surface area contributed by atoms with Gasteiger partial charge in [-0.05, 0) is 46.6 Å². The van der Waals surface area contributed by atoms with Crippen LogP contribution in [-0.2, 0) is 0 Å². The summed E-state index contributed by atoms with van der Waals surface area (Å²) >= 11 is 0. The van der Waals surface area contributed by atoms with E-state index in [4.69, 9.17) is 4.52 Å². The molecule has 3 rings (SSSR count). The van der Waals surface area contributed by atoms with Crippen molar-refractivity contribution in [2.45, 2.75) is 52.0 Å². The van der Waals surface area contributed by atoms with Crippen molar-refractivity contribution in [3.63, 3.8) is 0 Å². The predicted octanol–water partition coefficient (Wildman–Crippen LogP) is 3.73. The topological polar surface area (TPSA) is 71.3 Å². The number of hydrogen-bond donors (Lipinski definition) is 1. The SMILES string of the molecule is Cc1cccc(-c2noc(C3CCN(C(=O)NC(C)(C)C)CC3)n2)c1. The molecule has 1 aliphatic heterocycles. The van der Waals surface area contributed by atoms with Gasteiger partial charge >= 0.3 is 6.03 Å². The Kier molecular flexibility index (Phi) is 4.79. The lowest BCUT2D eigenvalue weighted by Gasteiger charge is -2.33. The number of piperidine rings is 1. The second-order valence-corrected chi connectivity index (χ2v) is 7.77. The molecule has 1 aliphatic rings. The van der Waals surface area contributed by atoms with E-state index in [0.29, 0.717) is 24.8 Å². The summed E-state index contributed by atoms with van der Waals surface area (Å²) in [6.45, 7) is 9.42. The van der Waals surface area contributed by atoms with Gasteiger partial charge in [0.05, 0.1) is 0 Å². The lowest BCUT2D eigenvalue weighted by atomic mass is 9.97. The molecule has 0 bridgehead atoms. The van der Waals surface area contributed by atoms with E-state index in [0.717, 1.165) is 18.4 Å². The Balaban J connectivity index is 1.61. The molecule has 6 nitrogen and oxygen atoms in total. The minimum absolute atomic E-state index is 0.00284. The van der Waals surface area contributed by atoms with Crippen molar-refractivity contribution in [3.05, 3.63) is 35.7 Å². The minimum atomic E-state index is -0.219. The molecule has 1 saturated heterocycles. The highest BCUT2D eigenvalue weighted by molar-refractivity contribution is 5.75. The van der Waals surface area contributed by atoms with Gasteiger partial charge < -0.3 is 14.7 Å². The van der Waals surface area contributed by atoms with E-state index in [-0.39, 0.29) is 17.5 Å². The van der Waals surface area contributed by atoms with Crippen LogP contribution in [0.5, 0.6) is 0 Å². The van der Waals surface area contributed by atoms with Crippen LogP contribution in [0.1, 0.15) is 51.0 Å². The van der Waals surface area contributed by atoms with Crippen LogP contribution in [0, 0.1) is 6.92 Å². The van der Waals surface area contributed by atoms with E-state index in [1.165, 1.54) is 5.56 Å².